The number of allylic oxidation sites excluding steroid dienone is 1. The molecule has 0 aliphatic carbocycles. The molecule has 68 valence electrons. The molecule has 0 bridgehead atoms. The second kappa shape index (κ2) is 8.32. The first-order chi connectivity index (χ1) is 5.81. The zero-order valence-electron chi connectivity index (χ0n) is 7.89. The van der Waals surface area contributed by atoms with Crippen LogP contribution in [0.3, 0.4) is 0 Å². The topological polar surface area (TPSA) is 21.3 Å². The van der Waals surface area contributed by atoms with Gasteiger partial charge < -0.3 is 10.1 Å². The summed E-state index contributed by atoms with van der Waals surface area (Å²) in [4.78, 5) is 0. The number of methoxy groups -OCH3 is 1. The summed E-state index contributed by atoms with van der Waals surface area (Å²) in [7, 11) is 1.70. The van der Waals surface area contributed by atoms with E-state index in [9.17, 15) is 0 Å². The molecule has 0 spiro atoms. The highest BCUT2D eigenvalue weighted by Gasteiger charge is 1.85. The van der Waals surface area contributed by atoms with E-state index in [1.807, 2.05) is 6.92 Å². The van der Waals surface area contributed by atoms with Crippen LogP contribution in [0.25, 0.3) is 0 Å². The molecule has 0 saturated heterocycles. The van der Waals surface area contributed by atoms with Crippen LogP contribution < -0.4 is 5.32 Å². The summed E-state index contributed by atoms with van der Waals surface area (Å²) < 4.78 is 4.88. The van der Waals surface area contributed by atoms with Crippen molar-refractivity contribution in [2.24, 2.45) is 0 Å². The number of terminal acetylenes is 1. The van der Waals surface area contributed by atoms with Crippen LogP contribution in [0, 0.1) is 12.3 Å². The van der Waals surface area contributed by atoms with Crippen molar-refractivity contribution in [1.82, 2.24) is 5.32 Å². The summed E-state index contributed by atoms with van der Waals surface area (Å²) in [5.74, 6) is 2.58. The first-order valence-electron chi connectivity index (χ1n) is 4.14. The maximum atomic E-state index is 5.18. The Morgan fingerprint density at radius 2 is 2.33 bits per heavy atom. The van der Waals surface area contributed by atoms with Gasteiger partial charge in [-0.15, -0.1) is 6.42 Å². The smallest absolute Gasteiger partial charge is 0.0587 e. The van der Waals surface area contributed by atoms with Crippen molar-refractivity contribution in [3.8, 4) is 12.3 Å². The summed E-state index contributed by atoms with van der Waals surface area (Å²) in [6, 6.07) is 0. The number of rotatable bonds is 6. The van der Waals surface area contributed by atoms with Crippen molar-refractivity contribution in [2.45, 2.75) is 13.3 Å². The van der Waals surface area contributed by atoms with Gasteiger partial charge in [0, 0.05) is 13.7 Å². The summed E-state index contributed by atoms with van der Waals surface area (Å²) in [5.41, 5.74) is 1.00. The van der Waals surface area contributed by atoms with Gasteiger partial charge in [0.15, 0.2) is 0 Å². The Labute approximate surface area is 75.0 Å². The van der Waals surface area contributed by atoms with Crippen LogP contribution in [0.4, 0.5) is 0 Å². The maximum absolute atomic E-state index is 5.18. The monoisotopic (exact) mass is 167 g/mol. The second-order valence-electron chi connectivity index (χ2n) is 2.56. The summed E-state index contributed by atoms with van der Waals surface area (Å²) in [6.45, 7) is 4.56. The Kier molecular flexibility index (Phi) is 7.78. The molecule has 0 heterocycles. The van der Waals surface area contributed by atoms with Gasteiger partial charge in [-0.25, -0.2) is 0 Å². The maximum Gasteiger partial charge on any atom is 0.0587 e. The Bertz CT molecular complexity index is 167. The SMILES string of the molecule is C#CC(C)=CCCNCCOC. The van der Waals surface area contributed by atoms with E-state index in [2.05, 4.69) is 17.3 Å². The molecule has 2 heteroatoms. The molecule has 0 fully saturated rings. The highest BCUT2D eigenvalue weighted by atomic mass is 16.5. The average Bonchev–Trinajstić information content (AvgIpc) is 2.10. The lowest BCUT2D eigenvalue weighted by atomic mass is 10.2. The van der Waals surface area contributed by atoms with Gasteiger partial charge in [0.1, 0.15) is 0 Å². The minimum Gasteiger partial charge on any atom is -0.383 e. The Hall–Kier alpha value is -0.780. The Morgan fingerprint density at radius 1 is 1.58 bits per heavy atom. The molecule has 0 unspecified atom stereocenters. The van der Waals surface area contributed by atoms with Crippen LogP contribution in [0.5, 0.6) is 0 Å². The van der Waals surface area contributed by atoms with Crippen molar-refractivity contribution >= 4 is 0 Å². The normalized spacial score (nSPS) is 11.2. The van der Waals surface area contributed by atoms with E-state index in [-0.39, 0.29) is 0 Å². The van der Waals surface area contributed by atoms with Gasteiger partial charge in [0.05, 0.1) is 6.61 Å². The molecule has 12 heavy (non-hydrogen) atoms. The fraction of sp³-hybridized carbons (Fsp3) is 0.600. The molecule has 2 nitrogen and oxygen atoms in total. The molecule has 0 atom stereocenters. The van der Waals surface area contributed by atoms with E-state index in [0.717, 1.165) is 31.7 Å². The van der Waals surface area contributed by atoms with Crippen molar-refractivity contribution in [3.63, 3.8) is 0 Å². The van der Waals surface area contributed by atoms with Crippen molar-refractivity contribution in [2.75, 3.05) is 26.8 Å². The fourth-order valence-electron chi connectivity index (χ4n) is 0.749. The molecular formula is C10H17NO. The predicted molar refractivity (Wildman–Crippen MR) is 52.0 cm³/mol. The third-order valence-corrected chi connectivity index (χ3v) is 1.48. The first kappa shape index (κ1) is 11.2. The second-order valence-corrected chi connectivity index (χ2v) is 2.56. The third-order valence-electron chi connectivity index (χ3n) is 1.48. The van der Waals surface area contributed by atoms with Gasteiger partial charge in [-0.1, -0.05) is 12.0 Å². The summed E-state index contributed by atoms with van der Waals surface area (Å²) in [5, 5.41) is 3.23. The quantitative estimate of drug-likeness (QED) is 0.474. The first-order valence-corrected chi connectivity index (χ1v) is 4.14. The predicted octanol–water partition coefficient (Wildman–Crippen LogP) is 1.19. The molecule has 0 rings (SSSR count). The highest BCUT2D eigenvalue weighted by Crippen LogP contribution is 1.90. The van der Waals surface area contributed by atoms with E-state index in [4.69, 9.17) is 11.2 Å². The molecule has 0 aromatic heterocycles. The van der Waals surface area contributed by atoms with E-state index in [0.29, 0.717) is 0 Å². The van der Waals surface area contributed by atoms with Crippen LogP contribution in [0.1, 0.15) is 13.3 Å². The lowest BCUT2D eigenvalue weighted by molar-refractivity contribution is 0.199. The largest absolute Gasteiger partial charge is 0.383 e. The average molecular weight is 167 g/mol. The summed E-state index contributed by atoms with van der Waals surface area (Å²) >= 11 is 0. The Balaban J connectivity index is 3.17. The van der Waals surface area contributed by atoms with E-state index >= 15 is 0 Å². The van der Waals surface area contributed by atoms with Crippen LogP contribution >= 0.6 is 0 Å². The van der Waals surface area contributed by atoms with Crippen LogP contribution in [0.15, 0.2) is 11.6 Å². The number of nitrogens with one attached hydrogen (secondary N) is 1. The number of ether oxygens (including phenoxy) is 1. The molecule has 0 aliphatic heterocycles. The number of hydrogen-bond donors (Lipinski definition) is 1. The van der Waals surface area contributed by atoms with Gasteiger partial charge in [-0.3, -0.25) is 0 Å². The van der Waals surface area contributed by atoms with Crippen LogP contribution in [-0.2, 0) is 4.74 Å². The van der Waals surface area contributed by atoms with Gasteiger partial charge in [-0.05, 0) is 25.5 Å². The molecule has 0 amide bonds. The minimum atomic E-state index is 0.762. The minimum absolute atomic E-state index is 0.762. The van der Waals surface area contributed by atoms with Crippen molar-refractivity contribution < 1.29 is 4.74 Å². The summed E-state index contributed by atoms with van der Waals surface area (Å²) in [6.07, 6.45) is 8.22. The van der Waals surface area contributed by atoms with E-state index in [1.165, 1.54) is 0 Å². The van der Waals surface area contributed by atoms with Crippen LogP contribution in [0.2, 0.25) is 0 Å². The van der Waals surface area contributed by atoms with E-state index in [1.54, 1.807) is 7.11 Å². The van der Waals surface area contributed by atoms with Crippen LogP contribution in [-0.4, -0.2) is 26.8 Å². The lowest BCUT2D eigenvalue weighted by Gasteiger charge is -2.00. The third kappa shape index (κ3) is 7.33. The molecule has 1 N–H and O–H groups in total. The molecule has 0 radical (unpaired) electrons. The fourth-order valence-corrected chi connectivity index (χ4v) is 0.749. The van der Waals surface area contributed by atoms with Gasteiger partial charge in [0.25, 0.3) is 0 Å². The molecule has 0 aromatic rings. The standard InChI is InChI=1S/C10H17NO/c1-4-10(2)6-5-7-11-8-9-12-3/h1,6,11H,5,7-9H2,2-3H3. The van der Waals surface area contributed by atoms with Crippen molar-refractivity contribution in [3.05, 3.63) is 11.6 Å². The zero-order chi connectivity index (χ0) is 9.23. The molecule has 0 aliphatic rings. The van der Waals surface area contributed by atoms with Gasteiger partial charge in [-0.2, -0.15) is 0 Å². The molecule has 0 saturated carbocycles. The van der Waals surface area contributed by atoms with Crippen molar-refractivity contribution in [1.29, 1.82) is 0 Å². The highest BCUT2D eigenvalue weighted by molar-refractivity contribution is 5.22. The number of hydrogen-bond acceptors (Lipinski definition) is 2. The lowest BCUT2D eigenvalue weighted by Crippen LogP contribution is -2.19. The zero-order valence-corrected chi connectivity index (χ0v) is 7.89. The van der Waals surface area contributed by atoms with Gasteiger partial charge in [0.2, 0.25) is 0 Å². The van der Waals surface area contributed by atoms with Gasteiger partial charge >= 0.3 is 0 Å². The van der Waals surface area contributed by atoms with E-state index < -0.39 is 0 Å². The Morgan fingerprint density at radius 3 is 2.92 bits per heavy atom. The molecule has 0 aromatic carbocycles. The molecular weight excluding hydrogens is 150 g/mol.